The molecule has 0 aliphatic heterocycles. The van der Waals surface area contributed by atoms with Crippen LogP contribution < -0.4 is 88.7 Å². The summed E-state index contributed by atoms with van der Waals surface area (Å²) in [6, 6.07) is 6.07. The van der Waals surface area contributed by atoms with E-state index in [4.69, 9.17) is 0 Å². The number of rotatable bonds is 3. The van der Waals surface area contributed by atoms with Crippen molar-refractivity contribution in [3.05, 3.63) is 36.4 Å². The summed E-state index contributed by atoms with van der Waals surface area (Å²) in [4.78, 5) is -2.38. The molecule has 0 unspecified atom stereocenters. The molecule has 32 heavy (non-hydrogen) atoms. The Hall–Kier alpha value is 0.450. The SMILES string of the molecule is O=S(=O)(O)c1cc(O)c2ccc3c(S(=O)(=O)O)cc(S(=O)(=O)O)c4ccc1c2c34.[H-].[H-].[H-].[Na+].[Na+].[Na+]. The van der Waals surface area contributed by atoms with Crippen LogP contribution in [0.25, 0.3) is 32.3 Å². The van der Waals surface area contributed by atoms with E-state index in [-0.39, 0.29) is 125 Å². The molecular formula is C16H13Na3O10S3. The van der Waals surface area contributed by atoms with Gasteiger partial charge in [-0.2, -0.15) is 25.3 Å². The Kier molecular flexibility index (Phi) is 9.37. The molecule has 4 aromatic rings. The van der Waals surface area contributed by atoms with Crippen LogP contribution in [0.15, 0.2) is 51.1 Å². The summed E-state index contributed by atoms with van der Waals surface area (Å²) in [5.41, 5.74) is 0. The number of hydrogen-bond acceptors (Lipinski definition) is 7. The van der Waals surface area contributed by atoms with E-state index in [0.717, 1.165) is 18.2 Å². The summed E-state index contributed by atoms with van der Waals surface area (Å²) in [7, 11) is -14.8. The molecular weight excluding hydrogens is 517 g/mol. The third-order valence-corrected chi connectivity index (χ3v) is 7.28. The van der Waals surface area contributed by atoms with Crippen LogP contribution in [0.4, 0.5) is 0 Å². The second kappa shape index (κ2) is 9.84. The predicted octanol–water partition coefficient (Wildman–Crippen LogP) is -6.62. The number of benzene rings is 4. The molecule has 0 aliphatic rings. The topological polar surface area (TPSA) is 183 Å². The Morgan fingerprint density at radius 1 is 0.531 bits per heavy atom. The summed E-state index contributed by atoms with van der Waals surface area (Å²) >= 11 is 0. The van der Waals surface area contributed by atoms with Crippen molar-refractivity contribution >= 4 is 62.7 Å². The molecule has 0 amide bonds. The van der Waals surface area contributed by atoms with Crippen LogP contribution in [0.3, 0.4) is 0 Å². The van der Waals surface area contributed by atoms with Gasteiger partial charge in [0.2, 0.25) is 0 Å². The smallest absolute Gasteiger partial charge is 1.00 e. The molecule has 0 bridgehead atoms. The van der Waals surface area contributed by atoms with Crippen LogP contribution in [-0.2, 0) is 30.4 Å². The van der Waals surface area contributed by atoms with Gasteiger partial charge >= 0.3 is 88.7 Å². The fraction of sp³-hybridized carbons (Fsp3) is 0. The van der Waals surface area contributed by atoms with Crippen LogP contribution in [0.5, 0.6) is 5.75 Å². The van der Waals surface area contributed by atoms with Crippen LogP contribution in [0, 0.1) is 0 Å². The zero-order valence-electron chi connectivity index (χ0n) is 19.9. The first kappa shape index (κ1) is 30.5. The van der Waals surface area contributed by atoms with Crippen molar-refractivity contribution in [1.29, 1.82) is 0 Å². The van der Waals surface area contributed by atoms with Crippen molar-refractivity contribution in [3.8, 4) is 5.75 Å². The van der Waals surface area contributed by atoms with Gasteiger partial charge in [-0.1, -0.05) is 18.2 Å². The largest absolute Gasteiger partial charge is 1.00 e. The van der Waals surface area contributed by atoms with Gasteiger partial charge in [-0.3, -0.25) is 13.7 Å². The maximum atomic E-state index is 11.8. The number of phenols is 1. The van der Waals surface area contributed by atoms with Gasteiger partial charge in [0.25, 0.3) is 30.4 Å². The van der Waals surface area contributed by atoms with E-state index in [1.807, 2.05) is 0 Å². The van der Waals surface area contributed by atoms with E-state index in [2.05, 4.69) is 0 Å². The second-order valence-corrected chi connectivity index (χ2v) is 10.4. The van der Waals surface area contributed by atoms with E-state index in [1.54, 1.807) is 0 Å². The van der Waals surface area contributed by atoms with Crippen molar-refractivity contribution in [2.24, 2.45) is 0 Å². The van der Waals surface area contributed by atoms with Crippen LogP contribution in [0.1, 0.15) is 4.28 Å². The van der Waals surface area contributed by atoms with Gasteiger partial charge < -0.3 is 9.39 Å². The van der Waals surface area contributed by atoms with Crippen molar-refractivity contribution in [2.45, 2.75) is 14.7 Å². The first-order valence-electron chi connectivity index (χ1n) is 7.61. The Bertz CT molecular complexity index is 1640. The number of hydrogen-bond donors (Lipinski definition) is 4. The standard InChI is InChI=1S/C16H10O10S3.3Na.3H/c17-11-5-12(27(18,19)20)8-3-4-10-14(29(24,25)26)6-13(28(21,22)23)9-2-1-7(11)15(8)16(9)10;;;;;;/h1-6,17H,(H,18,19,20)(H,21,22,23)(H,24,25,26);;;;;;/q;3*+1;3*-1. The van der Waals surface area contributed by atoms with E-state index >= 15 is 0 Å². The number of phenolic OH excluding ortho intramolecular Hbond substituents is 1. The minimum absolute atomic E-state index is 0. The average molecular weight is 530 g/mol. The fourth-order valence-electron chi connectivity index (χ4n) is 3.52. The monoisotopic (exact) mass is 530 g/mol. The third-order valence-electron chi connectivity index (χ3n) is 4.60. The molecule has 158 valence electrons. The Morgan fingerprint density at radius 2 is 0.812 bits per heavy atom. The van der Waals surface area contributed by atoms with Gasteiger partial charge in [-0.25, -0.2) is 0 Å². The molecule has 0 saturated heterocycles. The molecule has 4 aromatic carbocycles. The number of aromatic hydroxyl groups is 1. The zero-order chi connectivity index (χ0) is 21.5. The van der Waals surface area contributed by atoms with Crippen LogP contribution in [0.2, 0.25) is 0 Å². The molecule has 0 saturated carbocycles. The fourth-order valence-corrected chi connectivity index (χ4v) is 5.73. The van der Waals surface area contributed by atoms with Crippen LogP contribution in [-0.4, -0.2) is 44.0 Å². The van der Waals surface area contributed by atoms with E-state index in [1.165, 1.54) is 12.1 Å². The maximum Gasteiger partial charge on any atom is 1.00 e. The van der Waals surface area contributed by atoms with E-state index in [9.17, 15) is 44.0 Å². The average Bonchev–Trinajstić information content (AvgIpc) is 2.57. The quantitative estimate of drug-likeness (QED) is 0.113. The Labute approximate surface area is 253 Å². The summed E-state index contributed by atoms with van der Waals surface area (Å²) in [6.45, 7) is 0. The third kappa shape index (κ3) is 5.03. The van der Waals surface area contributed by atoms with Crippen molar-refractivity contribution in [2.75, 3.05) is 0 Å². The summed E-state index contributed by atoms with van der Waals surface area (Å²) < 4.78 is 99.5. The molecule has 0 aliphatic carbocycles. The van der Waals surface area contributed by atoms with Crippen molar-refractivity contribution in [3.63, 3.8) is 0 Å². The van der Waals surface area contributed by atoms with Gasteiger partial charge in [-0.15, -0.1) is 0 Å². The molecule has 0 radical (unpaired) electrons. The van der Waals surface area contributed by atoms with Gasteiger partial charge in [-0.05, 0) is 12.1 Å². The Balaban J connectivity index is -0.00000171. The van der Waals surface area contributed by atoms with Gasteiger partial charge in [0.15, 0.2) is 0 Å². The maximum absolute atomic E-state index is 11.8. The molecule has 0 fully saturated rings. The second-order valence-electron chi connectivity index (χ2n) is 6.26. The van der Waals surface area contributed by atoms with Gasteiger partial charge in [0, 0.05) is 38.4 Å². The normalized spacial score (nSPS) is 12.3. The molecule has 4 rings (SSSR count). The minimum atomic E-state index is -4.96. The molecule has 10 nitrogen and oxygen atoms in total. The van der Waals surface area contributed by atoms with Crippen LogP contribution >= 0.6 is 0 Å². The molecule has 0 heterocycles. The molecule has 4 N–H and O–H groups in total. The van der Waals surface area contributed by atoms with Crippen molar-refractivity contribution in [1.82, 2.24) is 0 Å². The van der Waals surface area contributed by atoms with Gasteiger partial charge in [0.1, 0.15) is 20.4 Å². The predicted molar refractivity (Wildman–Crippen MR) is 105 cm³/mol. The van der Waals surface area contributed by atoms with E-state index < -0.39 is 50.8 Å². The summed E-state index contributed by atoms with van der Waals surface area (Å²) in [5, 5.41) is 9.54. The molecule has 0 spiro atoms. The minimum Gasteiger partial charge on any atom is -1.00 e. The molecule has 0 atom stereocenters. The van der Waals surface area contributed by atoms with E-state index in [0.29, 0.717) is 6.07 Å². The van der Waals surface area contributed by atoms with Crippen molar-refractivity contribution < 1.29 is 137 Å². The molecule has 0 aromatic heterocycles. The van der Waals surface area contributed by atoms with Gasteiger partial charge in [0.05, 0.1) is 0 Å². The first-order valence-corrected chi connectivity index (χ1v) is 11.9. The Morgan fingerprint density at radius 3 is 1.16 bits per heavy atom. The first-order chi connectivity index (χ1) is 13.2. The summed E-state index contributed by atoms with van der Waals surface area (Å²) in [5.74, 6) is -0.579. The summed E-state index contributed by atoms with van der Waals surface area (Å²) in [6.07, 6.45) is 0. The zero-order valence-corrected chi connectivity index (χ0v) is 25.4. The molecule has 16 heteroatoms.